The molecule has 1 aromatic heterocycles. The van der Waals surface area contributed by atoms with E-state index in [0.29, 0.717) is 18.2 Å². The van der Waals surface area contributed by atoms with Crippen LogP contribution in [-0.2, 0) is 4.74 Å². The van der Waals surface area contributed by atoms with Gasteiger partial charge in [-0.1, -0.05) is 0 Å². The Balaban J connectivity index is 1.97. The van der Waals surface area contributed by atoms with Gasteiger partial charge in [-0.2, -0.15) is 0 Å². The van der Waals surface area contributed by atoms with E-state index < -0.39 is 0 Å². The van der Waals surface area contributed by atoms with Crippen LogP contribution in [0.2, 0.25) is 0 Å². The van der Waals surface area contributed by atoms with Crippen molar-refractivity contribution < 1.29 is 9.53 Å². The summed E-state index contributed by atoms with van der Waals surface area (Å²) in [5, 5.41) is 5.67. The zero-order chi connectivity index (χ0) is 13.0. The van der Waals surface area contributed by atoms with Crippen LogP contribution in [0.25, 0.3) is 0 Å². The Morgan fingerprint density at radius 3 is 3.06 bits per heavy atom. The molecule has 2 heterocycles. The molecule has 0 aromatic carbocycles. The van der Waals surface area contributed by atoms with Crippen molar-refractivity contribution in [2.45, 2.75) is 25.9 Å². The highest BCUT2D eigenvalue weighted by Gasteiger charge is 2.17. The quantitative estimate of drug-likeness (QED) is 0.824. The Bertz CT molecular complexity index is 430. The molecule has 1 aromatic rings. The van der Waals surface area contributed by atoms with Gasteiger partial charge in [-0.25, -0.2) is 9.97 Å². The third-order valence-corrected chi connectivity index (χ3v) is 2.82. The molecule has 2 rings (SSSR count). The summed E-state index contributed by atoms with van der Waals surface area (Å²) in [5.74, 6) is 0.268. The molecule has 1 amide bonds. The molecule has 1 unspecified atom stereocenters. The molecule has 0 spiro atoms. The Morgan fingerprint density at radius 2 is 2.39 bits per heavy atom. The van der Waals surface area contributed by atoms with Gasteiger partial charge in [-0.05, 0) is 25.8 Å². The average molecular weight is 250 g/mol. The maximum Gasteiger partial charge on any atom is 0.270 e. The number of aryl methyl sites for hydroxylation is 1. The van der Waals surface area contributed by atoms with Crippen LogP contribution in [0.15, 0.2) is 6.07 Å². The summed E-state index contributed by atoms with van der Waals surface area (Å²) in [6.07, 6.45) is 2.21. The summed E-state index contributed by atoms with van der Waals surface area (Å²) in [7, 11) is 1.73. The maximum absolute atomic E-state index is 11.9. The van der Waals surface area contributed by atoms with E-state index >= 15 is 0 Å². The highest BCUT2D eigenvalue weighted by atomic mass is 16.5. The van der Waals surface area contributed by atoms with Crippen LogP contribution in [-0.4, -0.2) is 42.2 Å². The number of rotatable bonds is 4. The van der Waals surface area contributed by atoms with Crippen LogP contribution in [0.5, 0.6) is 0 Å². The summed E-state index contributed by atoms with van der Waals surface area (Å²) in [6, 6.07) is 1.67. The van der Waals surface area contributed by atoms with E-state index in [9.17, 15) is 4.79 Å². The third-order valence-electron chi connectivity index (χ3n) is 2.82. The van der Waals surface area contributed by atoms with Crippen molar-refractivity contribution >= 4 is 11.9 Å². The molecule has 1 fully saturated rings. The van der Waals surface area contributed by atoms with Crippen molar-refractivity contribution in [3.8, 4) is 0 Å². The van der Waals surface area contributed by atoms with E-state index in [-0.39, 0.29) is 12.0 Å². The number of nitrogens with one attached hydrogen (secondary N) is 2. The number of carbonyl (C=O) groups excluding carboxylic acids is 1. The van der Waals surface area contributed by atoms with Gasteiger partial charge in [-0.3, -0.25) is 4.79 Å². The number of ether oxygens (including phenoxy) is 1. The van der Waals surface area contributed by atoms with Crippen LogP contribution in [0.1, 0.15) is 29.0 Å². The zero-order valence-corrected chi connectivity index (χ0v) is 10.7. The lowest BCUT2D eigenvalue weighted by Gasteiger charge is -2.11. The van der Waals surface area contributed by atoms with Gasteiger partial charge in [-0.15, -0.1) is 0 Å². The van der Waals surface area contributed by atoms with Gasteiger partial charge in [0.25, 0.3) is 5.91 Å². The maximum atomic E-state index is 11.9. The molecule has 6 heteroatoms. The molecule has 98 valence electrons. The van der Waals surface area contributed by atoms with Crippen molar-refractivity contribution in [3.05, 3.63) is 17.5 Å². The molecular formula is C12H18N4O2. The summed E-state index contributed by atoms with van der Waals surface area (Å²) >= 11 is 0. The number of aromatic nitrogens is 2. The third kappa shape index (κ3) is 3.16. The molecule has 1 aliphatic rings. The highest BCUT2D eigenvalue weighted by Crippen LogP contribution is 2.11. The van der Waals surface area contributed by atoms with E-state index in [2.05, 4.69) is 20.6 Å². The fraction of sp³-hybridized carbons (Fsp3) is 0.583. The summed E-state index contributed by atoms with van der Waals surface area (Å²) in [6.45, 7) is 3.16. The molecule has 2 N–H and O–H groups in total. The summed E-state index contributed by atoms with van der Waals surface area (Å²) in [4.78, 5) is 20.2. The van der Waals surface area contributed by atoms with Crippen molar-refractivity contribution in [3.63, 3.8) is 0 Å². The van der Waals surface area contributed by atoms with E-state index in [1.165, 1.54) is 0 Å². The minimum atomic E-state index is -0.188. The Morgan fingerprint density at radius 1 is 1.56 bits per heavy atom. The van der Waals surface area contributed by atoms with Crippen LogP contribution < -0.4 is 10.6 Å². The highest BCUT2D eigenvalue weighted by molar-refractivity contribution is 5.92. The number of nitrogens with zero attached hydrogens (tertiary/aromatic N) is 2. The molecular weight excluding hydrogens is 232 g/mol. The number of hydrogen-bond acceptors (Lipinski definition) is 5. The Kier molecular flexibility index (Phi) is 4.09. The molecule has 1 atom stereocenters. The summed E-state index contributed by atoms with van der Waals surface area (Å²) < 4.78 is 5.45. The van der Waals surface area contributed by atoms with Crippen LogP contribution in [0.4, 0.5) is 5.95 Å². The van der Waals surface area contributed by atoms with Gasteiger partial charge >= 0.3 is 0 Å². The van der Waals surface area contributed by atoms with E-state index in [4.69, 9.17) is 4.74 Å². The molecule has 6 nitrogen and oxygen atoms in total. The minimum absolute atomic E-state index is 0.139. The van der Waals surface area contributed by atoms with Gasteiger partial charge < -0.3 is 15.4 Å². The minimum Gasteiger partial charge on any atom is -0.376 e. The first-order valence-corrected chi connectivity index (χ1v) is 6.12. The second-order valence-corrected chi connectivity index (χ2v) is 4.31. The van der Waals surface area contributed by atoms with Gasteiger partial charge in [0.05, 0.1) is 6.10 Å². The average Bonchev–Trinajstić information content (AvgIpc) is 2.88. The molecule has 18 heavy (non-hydrogen) atoms. The predicted octanol–water partition coefficient (Wildman–Crippen LogP) is 0.736. The number of hydrogen-bond donors (Lipinski definition) is 2. The zero-order valence-electron chi connectivity index (χ0n) is 10.7. The number of amides is 1. The van der Waals surface area contributed by atoms with Gasteiger partial charge in [0, 0.05) is 25.9 Å². The van der Waals surface area contributed by atoms with Crippen LogP contribution >= 0.6 is 0 Å². The van der Waals surface area contributed by atoms with Crippen molar-refractivity contribution in [1.29, 1.82) is 0 Å². The van der Waals surface area contributed by atoms with Crippen molar-refractivity contribution in [2.24, 2.45) is 0 Å². The second kappa shape index (κ2) is 5.77. The predicted molar refractivity (Wildman–Crippen MR) is 67.6 cm³/mol. The van der Waals surface area contributed by atoms with Crippen LogP contribution in [0, 0.1) is 6.92 Å². The summed E-state index contributed by atoms with van der Waals surface area (Å²) in [5.41, 5.74) is 1.14. The fourth-order valence-electron chi connectivity index (χ4n) is 1.90. The van der Waals surface area contributed by atoms with Gasteiger partial charge in [0.15, 0.2) is 0 Å². The monoisotopic (exact) mass is 250 g/mol. The topological polar surface area (TPSA) is 76.1 Å². The molecule has 0 radical (unpaired) electrons. The van der Waals surface area contributed by atoms with E-state index in [1.54, 1.807) is 13.1 Å². The largest absolute Gasteiger partial charge is 0.376 e. The lowest BCUT2D eigenvalue weighted by Crippen LogP contribution is -2.32. The SMILES string of the molecule is CNc1nc(C)cc(C(=O)NCC2CCCO2)n1. The molecule has 0 aliphatic carbocycles. The van der Waals surface area contributed by atoms with Crippen molar-refractivity contribution in [1.82, 2.24) is 15.3 Å². The standard InChI is InChI=1S/C12H18N4O2/c1-8-6-10(16-12(13-2)15-8)11(17)14-7-9-4-3-5-18-9/h6,9H,3-5,7H2,1-2H3,(H,14,17)(H,13,15,16). The Hall–Kier alpha value is -1.69. The first-order valence-electron chi connectivity index (χ1n) is 6.12. The smallest absolute Gasteiger partial charge is 0.270 e. The van der Waals surface area contributed by atoms with E-state index in [1.807, 2.05) is 6.92 Å². The molecule has 0 saturated carbocycles. The van der Waals surface area contributed by atoms with E-state index in [0.717, 1.165) is 25.1 Å². The van der Waals surface area contributed by atoms with Crippen molar-refractivity contribution in [2.75, 3.05) is 25.5 Å². The van der Waals surface area contributed by atoms with Gasteiger partial charge in [0.1, 0.15) is 5.69 Å². The lowest BCUT2D eigenvalue weighted by molar-refractivity contribution is 0.0853. The van der Waals surface area contributed by atoms with Crippen LogP contribution in [0.3, 0.4) is 0 Å². The molecule has 1 saturated heterocycles. The normalized spacial score (nSPS) is 18.7. The fourth-order valence-corrected chi connectivity index (χ4v) is 1.90. The van der Waals surface area contributed by atoms with Gasteiger partial charge in [0.2, 0.25) is 5.95 Å². The molecule has 1 aliphatic heterocycles. The Labute approximate surface area is 106 Å². The lowest BCUT2D eigenvalue weighted by atomic mass is 10.2. The first kappa shape index (κ1) is 12.8. The second-order valence-electron chi connectivity index (χ2n) is 4.31. The first-order chi connectivity index (χ1) is 8.69. The molecule has 0 bridgehead atoms. The number of carbonyl (C=O) groups is 1. The number of anilines is 1.